The summed E-state index contributed by atoms with van der Waals surface area (Å²) in [5.41, 5.74) is 0.773. The van der Waals surface area contributed by atoms with Gasteiger partial charge in [-0.1, -0.05) is 40.8 Å². The van der Waals surface area contributed by atoms with Crippen molar-refractivity contribution < 1.29 is 22.4 Å². The van der Waals surface area contributed by atoms with Crippen LogP contribution in [0.1, 0.15) is 16.3 Å². The molecule has 148 valence electrons. The number of hydrogen-bond donors (Lipinski definition) is 1. The smallest absolute Gasteiger partial charge is 0.445 e. The van der Waals surface area contributed by atoms with Crippen LogP contribution >= 0.6 is 23.1 Å². The third-order valence-corrected chi connectivity index (χ3v) is 5.19. The summed E-state index contributed by atoms with van der Waals surface area (Å²) in [6.45, 7) is 1.98. The van der Waals surface area contributed by atoms with Crippen LogP contribution in [-0.4, -0.2) is 16.1 Å². The van der Waals surface area contributed by atoms with E-state index >= 15 is 0 Å². The molecule has 0 radical (unpaired) electrons. The molecule has 29 heavy (non-hydrogen) atoms. The fourth-order valence-electron chi connectivity index (χ4n) is 2.03. The number of furan rings is 1. The van der Waals surface area contributed by atoms with E-state index in [4.69, 9.17) is 4.42 Å². The van der Waals surface area contributed by atoms with Crippen LogP contribution in [0, 0.1) is 18.3 Å². The van der Waals surface area contributed by atoms with E-state index in [1.807, 2.05) is 31.2 Å². The fourth-order valence-corrected chi connectivity index (χ4v) is 3.42. The summed E-state index contributed by atoms with van der Waals surface area (Å²) in [4.78, 5) is 13.1. The Morgan fingerprint density at radius 2 is 1.97 bits per heavy atom. The average Bonchev–Trinajstić information content (AvgIpc) is 3.31. The summed E-state index contributed by atoms with van der Waals surface area (Å²) in [7, 11) is 0. The zero-order valence-corrected chi connectivity index (χ0v) is 16.3. The summed E-state index contributed by atoms with van der Waals surface area (Å²) >= 11 is 1.53. The maximum Gasteiger partial charge on any atom is 0.445 e. The zero-order chi connectivity index (χ0) is 21.0. The van der Waals surface area contributed by atoms with Gasteiger partial charge in [-0.15, -0.1) is 10.2 Å². The van der Waals surface area contributed by atoms with Crippen LogP contribution < -0.4 is 5.32 Å². The van der Waals surface area contributed by atoms with Crippen LogP contribution in [0.15, 0.2) is 56.4 Å². The molecule has 1 N–H and O–H groups in total. The summed E-state index contributed by atoms with van der Waals surface area (Å²) in [5, 5.41) is 16.5. The minimum absolute atomic E-state index is 0.166. The Balaban J connectivity index is 1.70. The number of halogens is 3. The third kappa shape index (κ3) is 5.46. The van der Waals surface area contributed by atoms with Gasteiger partial charge in [0.15, 0.2) is 5.09 Å². The highest BCUT2D eigenvalue weighted by Crippen LogP contribution is 2.33. The van der Waals surface area contributed by atoms with Crippen LogP contribution in [0.3, 0.4) is 0 Å². The quantitative estimate of drug-likeness (QED) is 0.439. The highest BCUT2D eigenvalue weighted by molar-refractivity contribution is 7.99. The number of nitriles is 1. The molecule has 0 aliphatic carbocycles. The number of alkyl halides is 3. The van der Waals surface area contributed by atoms with Gasteiger partial charge in [0.2, 0.25) is 10.1 Å². The van der Waals surface area contributed by atoms with Gasteiger partial charge in [-0.05, 0) is 31.2 Å². The average molecular weight is 436 g/mol. The molecule has 0 aliphatic heterocycles. The van der Waals surface area contributed by atoms with E-state index in [-0.39, 0.29) is 27.8 Å². The molecule has 0 unspecified atom stereocenters. The van der Waals surface area contributed by atoms with Gasteiger partial charge in [0.25, 0.3) is 5.91 Å². The second kappa shape index (κ2) is 8.50. The SMILES string of the molecule is Cc1ccc(Sc2ccc(/C=C(/C#N)C(=O)Nc3nnc(C(F)(F)F)s3)o2)cc1. The van der Waals surface area contributed by atoms with Crippen molar-refractivity contribution >= 4 is 40.2 Å². The van der Waals surface area contributed by atoms with Crippen LogP contribution in [0.4, 0.5) is 18.3 Å². The Kier molecular flexibility index (Phi) is 6.05. The van der Waals surface area contributed by atoms with Crippen LogP contribution in [-0.2, 0) is 11.0 Å². The lowest BCUT2D eigenvalue weighted by molar-refractivity contribution is -0.138. The van der Waals surface area contributed by atoms with E-state index in [1.165, 1.54) is 17.8 Å². The first-order valence-corrected chi connectivity index (χ1v) is 9.56. The molecule has 0 spiro atoms. The summed E-state index contributed by atoms with van der Waals surface area (Å²) in [6.07, 6.45) is -3.46. The normalized spacial score (nSPS) is 11.9. The Bertz CT molecular complexity index is 1100. The molecule has 0 saturated heterocycles. The van der Waals surface area contributed by atoms with E-state index in [0.717, 1.165) is 10.5 Å². The van der Waals surface area contributed by atoms with E-state index in [9.17, 15) is 23.2 Å². The minimum Gasteiger partial charge on any atom is -0.450 e. The molecule has 0 fully saturated rings. The number of amides is 1. The van der Waals surface area contributed by atoms with Crippen LogP contribution in [0.2, 0.25) is 0 Å². The van der Waals surface area contributed by atoms with Crippen molar-refractivity contribution in [3.05, 3.63) is 58.3 Å². The Labute approximate surface area is 171 Å². The van der Waals surface area contributed by atoms with Crippen LogP contribution in [0.5, 0.6) is 0 Å². The standard InChI is InChI=1S/C18H11F3N4O2S2/c1-10-2-5-13(6-3-10)28-14-7-4-12(27-14)8-11(9-22)15(26)23-17-25-24-16(29-17)18(19,20)21/h2-8H,1H3,(H,23,25,26)/b11-8-. The van der Waals surface area contributed by atoms with Gasteiger partial charge in [-0.25, -0.2) is 0 Å². The van der Waals surface area contributed by atoms with Gasteiger partial charge in [0, 0.05) is 11.0 Å². The number of anilines is 1. The Hall–Kier alpha value is -3.10. The molecule has 6 nitrogen and oxygen atoms in total. The minimum atomic E-state index is -4.66. The lowest BCUT2D eigenvalue weighted by atomic mass is 10.2. The Morgan fingerprint density at radius 3 is 2.59 bits per heavy atom. The number of carbonyl (C=O) groups excluding carboxylic acids is 1. The largest absolute Gasteiger partial charge is 0.450 e. The first-order chi connectivity index (χ1) is 13.7. The highest BCUT2D eigenvalue weighted by atomic mass is 32.2. The zero-order valence-electron chi connectivity index (χ0n) is 14.6. The first kappa shape index (κ1) is 20.6. The van der Waals surface area contributed by atoms with Crippen molar-refractivity contribution in [2.24, 2.45) is 0 Å². The fraction of sp³-hybridized carbons (Fsp3) is 0.111. The number of nitrogens with one attached hydrogen (secondary N) is 1. The number of rotatable bonds is 5. The molecule has 1 amide bonds. The molecule has 0 aliphatic rings. The number of aromatic nitrogens is 2. The maximum absolute atomic E-state index is 12.5. The van der Waals surface area contributed by atoms with Crippen LogP contribution in [0.25, 0.3) is 6.08 Å². The molecule has 0 saturated carbocycles. The third-order valence-electron chi connectivity index (χ3n) is 3.38. The van der Waals surface area contributed by atoms with Gasteiger partial charge < -0.3 is 4.42 Å². The lowest BCUT2D eigenvalue weighted by Gasteiger charge is -2.00. The van der Waals surface area contributed by atoms with Gasteiger partial charge in [0.05, 0.1) is 0 Å². The second-order valence-corrected chi connectivity index (χ2v) is 7.66. The molecule has 2 heterocycles. The van der Waals surface area contributed by atoms with E-state index in [0.29, 0.717) is 5.09 Å². The second-order valence-electron chi connectivity index (χ2n) is 5.61. The first-order valence-electron chi connectivity index (χ1n) is 7.93. The monoisotopic (exact) mass is 436 g/mol. The topological polar surface area (TPSA) is 91.8 Å². The van der Waals surface area contributed by atoms with Crippen molar-refractivity contribution in [2.75, 3.05) is 5.32 Å². The predicted molar refractivity (Wildman–Crippen MR) is 101 cm³/mol. The number of benzene rings is 1. The molecule has 3 rings (SSSR count). The van der Waals surface area contributed by atoms with Crippen molar-refractivity contribution in [1.82, 2.24) is 10.2 Å². The van der Waals surface area contributed by atoms with Gasteiger partial charge >= 0.3 is 6.18 Å². The highest BCUT2D eigenvalue weighted by Gasteiger charge is 2.35. The number of hydrogen-bond acceptors (Lipinski definition) is 7. The van der Waals surface area contributed by atoms with Gasteiger partial charge in [-0.3, -0.25) is 10.1 Å². The number of nitrogens with zero attached hydrogens (tertiary/aromatic N) is 3. The van der Waals surface area contributed by atoms with E-state index < -0.39 is 17.1 Å². The van der Waals surface area contributed by atoms with Crippen molar-refractivity contribution in [1.29, 1.82) is 5.26 Å². The molecule has 2 aromatic heterocycles. The van der Waals surface area contributed by atoms with Crippen molar-refractivity contribution in [2.45, 2.75) is 23.1 Å². The Morgan fingerprint density at radius 1 is 1.24 bits per heavy atom. The van der Waals surface area contributed by atoms with Crippen molar-refractivity contribution in [3.8, 4) is 6.07 Å². The van der Waals surface area contributed by atoms with Crippen molar-refractivity contribution in [3.63, 3.8) is 0 Å². The predicted octanol–water partition coefficient (Wildman–Crippen LogP) is 5.16. The maximum atomic E-state index is 12.5. The van der Waals surface area contributed by atoms with E-state index in [2.05, 4.69) is 15.5 Å². The summed E-state index contributed by atoms with van der Waals surface area (Å²) in [5.74, 6) is -0.666. The number of aryl methyl sites for hydroxylation is 1. The van der Waals surface area contributed by atoms with Gasteiger partial charge in [-0.2, -0.15) is 18.4 Å². The van der Waals surface area contributed by atoms with E-state index in [1.54, 1.807) is 18.2 Å². The molecule has 1 aromatic carbocycles. The molecular weight excluding hydrogens is 425 g/mol. The molecule has 11 heteroatoms. The molecule has 0 atom stereocenters. The van der Waals surface area contributed by atoms with Gasteiger partial charge in [0.1, 0.15) is 17.4 Å². The molecular formula is C18H11F3N4O2S2. The summed E-state index contributed by atoms with van der Waals surface area (Å²) < 4.78 is 43.2. The number of carbonyl (C=O) groups is 1. The lowest BCUT2D eigenvalue weighted by Crippen LogP contribution is -2.13. The summed E-state index contributed by atoms with van der Waals surface area (Å²) in [6, 6.07) is 12.7. The molecule has 0 bridgehead atoms. The molecule has 3 aromatic rings.